The van der Waals surface area contributed by atoms with Crippen LogP contribution in [-0.2, 0) is 6.54 Å². The van der Waals surface area contributed by atoms with E-state index in [9.17, 15) is 9.59 Å². The second-order valence-corrected chi connectivity index (χ2v) is 6.95. The van der Waals surface area contributed by atoms with Gasteiger partial charge in [0, 0.05) is 28.7 Å². The van der Waals surface area contributed by atoms with Crippen LogP contribution in [0.3, 0.4) is 0 Å². The van der Waals surface area contributed by atoms with Crippen molar-refractivity contribution in [3.8, 4) is 5.75 Å². The summed E-state index contributed by atoms with van der Waals surface area (Å²) in [6.45, 7) is 2.80. The molecule has 0 unspecified atom stereocenters. The summed E-state index contributed by atoms with van der Waals surface area (Å²) >= 11 is 6.19. The van der Waals surface area contributed by atoms with Gasteiger partial charge in [-0.05, 0) is 30.7 Å². The van der Waals surface area contributed by atoms with Gasteiger partial charge in [-0.3, -0.25) is 9.48 Å². The molecule has 0 aliphatic heterocycles. The Morgan fingerprint density at radius 2 is 2.07 bits per heavy atom. The van der Waals surface area contributed by atoms with E-state index in [0.29, 0.717) is 35.0 Å². The van der Waals surface area contributed by atoms with Gasteiger partial charge in [0.05, 0.1) is 30.6 Å². The lowest BCUT2D eigenvalue weighted by molar-refractivity contribution is 0.102. The van der Waals surface area contributed by atoms with Crippen LogP contribution in [0.2, 0.25) is 5.02 Å². The summed E-state index contributed by atoms with van der Waals surface area (Å²) in [5, 5.41) is 8.19. The van der Waals surface area contributed by atoms with Crippen LogP contribution in [0.15, 0.2) is 70.1 Å². The fourth-order valence-electron chi connectivity index (χ4n) is 3.10. The number of carbonyl (C=O) groups excluding carboxylic acids is 1. The van der Waals surface area contributed by atoms with E-state index in [4.69, 9.17) is 20.8 Å². The number of fused-ring (bicyclic) bond motifs is 1. The minimum absolute atomic E-state index is 0.211. The third kappa shape index (κ3) is 4.21. The molecule has 152 valence electrons. The van der Waals surface area contributed by atoms with Crippen molar-refractivity contribution >= 4 is 34.2 Å². The summed E-state index contributed by atoms with van der Waals surface area (Å²) in [6, 6.07) is 13.7. The number of nitrogens with one attached hydrogen (secondary N) is 1. The van der Waals surface area contributed by atoms with E-state index in [1.165, 1.54) is 12.3 Å². The van der Waals surface area contributed by atoms with E-state index in [2.05, 4.69) is 10.4 Å². The van der Waals surface area contributed by atoms with Gasteiger partial charge in [-0.15, -0.1) is 0 Å². The van der Waals surface area contributed by atoms with Crippen LogP contribution in [-0.4, -0.2) is 22.3 Å². The number of anilines is 1. The second-order valence-electron chi connectivity index (χ2n) is 6.54. The van der Waals surface area contributed by atoms with E-state index in [1.54, 1.807) is 29.1 Å². The van der Waals surface area contributed by atoms with Gasteiger partial charge in [0.15, 0.2) is 0 Å². The van der Waals surface area contributed by atoms with Crippen LogP contribution < -0.4 is 15.7 Å². The highest BCUT2D eigenvalue weighted by Crippen LogP contribution is 2.24. The van der Waals surface area contributed by atoms with Crippen molar-refractivity contribution in [2.45, 2.75) is 13.5 Å². The topological polar surface area (TPSA) is 86.4 Å². The molecule has 4 rings (SSSR count). The van der Waals surface area contributed by atoms with Crippen LogP contribution in [0.5, 0.6) is 5.75 Å². The zero-order valence-corrected chi connectivity index (χ0v) is 16.8. The number of benzene rings is 2. The SMILES string of the molecule is CCOc1ccc2c(C(=O)Nc3cnn(Cc4ccccc4Cl)c3)cc(=O)oc2c1. The summed E-state index contributed by atoms with van der Waals surface area (Å²) in [5.41, 5.74) is 1.29. The Balaban J connectivity index is 1.57. The lowest BCUT2D eigenvalue weighted by atomic mass is 10.1. The molecular weight excluding hydrogens is 406 g/mol. The van der Waals surface area contributed by atoms with Gasteiger partial charge in [-0.2, -0.15) is 5.10 Å². The summed E-state index contributed by atoms with van der Waals surface area (Å²) in [6.07, 6.45) is 3.23. The van der Waals surface area contributed by atoms with Crippen molar-refractivity contribution in [1.82, 2.24) is 9.78 Å². The first-order chi connectivity index (χ1) is 14.5. The van der Waals surface area contributed by atoms with E-state index < -0.39 is 11.5 Å². The molecule has 0 fully saturated rings. The summed E-state index contributed by atoms with van der Waals surface area (Å²) < 4.78 is 12.3. The zero-order valence-electron chi connectivity index (χ0n) is 16.1. The molecule has 4 aromatic rings. The Labute approximate surface area is 176 Å². The van der Waals surface area contributed by atoms with Crippen molar-refractivity contribution in [3.63, 3.8) is 0 Å². The maximum absolute atomic E-state index is 12.8. The number of carbonyl (C=O) groups is 1. The number of rotatable bonds is 6. The molecule has 0 aliphatic carbocycles. The molecule has 8 heteroatoms. The predicted octanol–water partition coefficient (Wildman–Crippen LogP) is 4.34. The van der Waals surface area contributed by atoms with Crippen LogP contribution >= 0.6 is 11.6 Å². The van der Waals surface area contributed by atoms with Gasteiger partial charge in [0.1, 0.15) is 11.3 Å². The number of halogens is 1. The van der Waals surface area contributed by atoms with Crippen LogP contribution in [0.25, 0.3) is 11.0 Å². The maximum atomic E-state index is 12.8. The first-order valence-electron chi connectivity index (χ1n) is 9.31. The van der Waals surface area contributed by atoms with Gasteiger partial charge in [0.2, 0.25) is 0 Å². The highest BCUT2D eigenvalue weighted by molar-refractivity contribution is 6.31. The summed E-state index contributed by atoms with van der Waals surface area (Å²) in [5.74, 6) is 0.126. The van der Waals surface area contributed by atoms with Gasteiger partial charge < -0.3 is 14.5 Å². The van der Waals surface area contributed by atoms with Gasteiger partial charge in [0.25, 0.3) is 5.91 Å². The lowest BCUT2D eigenvalue weighted by Crippen LogP contribution is -2.15. The fraction of sp³-hybridized carbons (Fsp3) is 0.136. The maximum Gasteiger partial charge on any atom is 0.337 e. The molecule has 0 atom stereocenters. The molecule has 1 amide bonds. The molecule has 0 saturated heterocycles. The Hall–Kier alpha value is -3.58. The first kappa shape index (κ1) is 19.7. The third-order valence-corrected chi connectivity index (χ3v) is 4.82. The molecule has 1 N–H and O–H groups in total. The van der Waals surface area contributed by atoms with Crippen LogP contribution in [0.4, 0.5) is 5.69 Å². The smallest absolute Gasteiger partial charge is 0.337 e. The lowest BCUT2D eigenvalue weighted by Gasteiger charge is -2.08. The largest absolute Gasteiger partial charge is 0.494 e. The van der Waals surface area contributed by atoms with E-state index in [-0.39, 0.29) is 11.1 Å². The molecular formula is C22H18ClN3O4. The number of amides is 1. The van der Waals surface area contributed by atoms with Gasteiger partial charge >= 0.3 is 5.63 Å². The first-order valence-corrected chi connectivity index (χ1v) is 9.69. The minimum Gasteiger partial charge on any atom is -0.494 e. The second kappa shape index (κ2) is 8.42. The summed E-state index contributed by atoms with van der Waals surface area (Å²) in [7, 11) is 0. The fourth-order valence-corrected chi connectivity index (χ4v) is 3.30. The Kier molecular flexibility index (Phi) is 5.54. The number of aromatic nitrogens is 2. The monoisotopic (exact) mass is 423 g/mol. The number of ether oxygens (including phenoxy) is 1. The average Bonchev–Trinajstić information content (AvgIpc) is 3.16. The Morgan fingerprint density at radius 1 is 1.23 bits per heavy atom. The number of nitrogens with zero attached hydrogens (tertiary/aromatic N) is 2. The van der Waals surface area contributed by atoms with Crippen molar-refractivity contribution in [1.29, 1.82) is 0 Å². The van der Waals surface area contributed by atoms with E-state index in [0.717, 1.165) is 5.56 Å². The minimum atomic E-state index is -0.615. The molecule has 0 saturated carbocycles. The summed E-state index contributed by atoms with van der Waals surface area (Å²) in [4.78, 5) is 24.8. The zero-order chi connectivity index (χ0) is 21.1. The highest BCUT2D eigenvalue weighted by Gasteiger charge is 2.15. The standard InChI is InChI=1S/C22H18ClN3O4/c1-2-29-16-7-8-17-18(10-21(27)30-20(17)9-16)22(28)25-15-11-24-26(13-15)12-14-5-3-4-6-19(14)23/h3-11,13H,2,12H2,1H3,(H,25,28). The normalized spacial score (nSPS) is 10.9. The molecule has 2 aromatic heterocycles. The highest BCUT2D eigenvalue weighted by atomic mass is 35.5. The van der Waals surface area contributed by atoms with Gasteiger partial charge in [-0.1, -0.05) is 29.8 Å². The quantitative estimate of drug-likeness (QED) is 0.466. The molecule has 0 bridgehead atoms. The van der Waals surface area contributed by atoms with E-state index >= 15 is 0 Å². The molecule has 2 heterocycles. The van der Waals surface area contributed by atoms with E-state index in [1.807, 2.05) is 31.2 Å². The number of hydrogen-bond donors (Lipinski definition) is 1. The van der Waals surface area contributed by atoms with Gasteiger partial charge in [-0.25, -0.2) is 4.79 Å². The molecule has 7 nitrogen and oxygen atoms in total. The van der Waals surface area contributed by atoms with Crippen molar-refractivity contribution in [2.24, 2.45) is 0 Å². The molecule has 0 aliphatic rings. The van der Waals surface area contributed by atoms with Crippen LogP contribution in [0.1, 0.15) is 22.8 Å². The average molecular weight is 424 g/mol. The third-order valence-electron chi connectivity index (χ3n) is 4.45. The van der Waals surface area contributed by atoms with Crippen molar-refractivity contribution in [3.05, 3.63) is 87.5 Å². The van der Waals surface area contributed by atoms with Crippen molar-refractivity contribution in [2.75, 3.05) is 11.9 Å². The molecule has 2 aromatic carbocycles. The molecule has 0 spiro atoms. The Morgan fingerprint density at radius 3 is 2.87 bits per heavy atom. The number of hydrogen-bond acceptors (Lipinski definition) is 5. The molecule has 30 heavy (non-hydrogen) atoms. The predicted molar refractivity (Wildman–Crippen MR) is 114 cm³/mol. The van der Waals surface area contributed by atoms with Crippen LogP contribution in [0, 0.1) is 0 Å². The van der Waals surface area contributed by atoms with Crippen molar-refractivity contribution < 1.29 is 13.9 Å². The molecule has 0 radical (unpaired) electrons. The Bertz CT molecular complexity index is 1280.